The van der Waals surface area contributed by atoms with Crippen molar-refractivity contribution in [3.8, 4) is 6.07 Å². The maximum atomic E-state index is 8.75. The third-order valence-corrected chi connectivity index (χ3v) is 3.88. The number of nitriles is 1. The van der Waals surface area contributed by atoms with Gasteiger partial charge in [0.15, 0.2) is 5.82 Å². The number of hydrogen-bond acceptors (Lipinski definition) is 4. The fourth-order valence-corrected chi connectivity index (χ4v) is 2.82. The van der Waals surface area contributed by atoms with Gasteiger partial charge in [-0.25, -0.2) is 0 Å². The zero-order chi connectivity index (χ0) is 9.26. The molecule has 1 aromatic heterocycles. The lowest BCUT2D eigenvalue weighted by atomic mass is 10.4. The first-order chi connectivity index (χ1) is 6.33. The molecule has 5 heteroatoms. The first kappa shape index (κ1) is 8.97. The Morgan fingerprint density at radius 3 is 2.69 bits per heavy atom. The van der Waals surface area contributed by atoms with Crippen LogP contribution in [0.4, 0.5) is 5.82 Å². The SMILES string of the molecule is N#Cc1snc(N2CCCC2)c1Br. The average molecular weight is 258 g/mol. The highest BCUT2D eigenvalue weighted by Gasteiger charge is 2.19. The van der Waals surface area contributed by atoms with Crippen LogP contribution < -0.4 is 4.90 Å². The molecule has 2 heterocycles. The minimum Gasteiger partial charge on any atom is -0.355 e. The van der Waals surface area contributed by atoms with Gasteiger partial charge >= 0.3 is 0 Å². The molecule has 0 spiro atoms. The second kappa shape index (κ2) is 3.64. The van der Waals surface area contributed by atoms with E-state index in [4.69, 9.17) is 5.26 Å². The van der Waals surface area contributed by atoms with Crippen molar-refractivity contribution in [3.63, 3.8) is 0 Å². The van der Waals surface area contributed by atoms with Gasteiger partial charge in [0.1, 0.15) is 10.9 Å². The smallest absolute Gasteiger partial charge is 0.158 e. The van der Waals surface area contributed by atoms with Crippen molar-refractivity contribution in [2.45, 2.75) is 12.8 Å². The van der Waals surface area contributed by atoms with Crippen molar-refractivity contribution in [3.05, 3.63) is 9.35 Å². The molecule has 0 aromatic carbocycles. The van der Waals surface area contributed by atoms with Crippen molar-refractivity contribution < 1.29 is 0 Å². The molecular weight excluding hydrogens is 250 g/mol. The summed E-state index contributed by atoms with van der Waals surface area (Å²) in [5, 5.41) is 8.75. The summed E-state index contributed by atoms with van der Waals surface area (Å²) in [5.41, 5.74) is 0. The van der Waals surface area contributed by atoms with Gasteiger partial charge in [0, 0.05) is 13.1 Å². The van der Waals surface area contributed by atoms with Gasteiger partial charge in [-0.15, -0.1) is 0 Å². The van der Waals surface area contributed by atoms with Crippen LogP contribution in [0, 0.1) is 11.3 Å². The van der Waals surface area contributed by atoms with E-state index in [-0.39, 0.29) is 0 Å². The predicted molar refractivity (Wildman–Crippen MR) is 56.0 cm³/mol. The monoisotopic (exact) mass is 257 g/mol. The molecule has 1 aliphatic rings. The molecular formula is C8H8BrN3S. The minimum atomic E-state index is 0.668. The third kappa shape index (κ3) is 1.56. The second-order valence-electron chi connectivity index (χ2n) is 2.96. The topological polar surface area (TPSA) is 39.9 Å². The molecule has 1 fully saturated rings. The molecule has 0 radical (unpaired) electrons. The average Bonchev–Trinajstić information content (AvgIpc) is 2.72. The van der Waals surface area contributed by atoms with Gasteiger partial charge in [0.05, 0.1) is 4.47 Å². The molecule has 0 unspecified atom stereocenters. The maximum absolute atomic E-state index is 8.75. The standard InChI is InChI=1S/C8H8BrN3S/c9-7-6(5-10)13-11-8(7)12-3-1-2-4-12/h1-4H2. The van der Waals surface area contributed by atoms with Crippen molar-refractivity contribution >= 4 is 33.3 Å². The summed E-state index contributed by atoms with van der Waals surface area (Å²) >= 11 is 4.67. The molecule has 1 aliphatic heterocycles. The Hall–Kier alpha value is -0.600. The second-order valence-corrected chi connectivity index (χ2v) is 4.52. The summed E-state index contributed by atoms with van der Waals surface area (Å²) in [6.07, 6.45) is 2.46. The van der Waals surface area contributed by atoms with E-state index in [0.29, 0.717) is 4.88 Å². The molecule has 2 rings (SSSR count). The third-order valence-electron chi connectivity index (χ3n) is 2.13. The van der Waals surface area contributed by atoms with Crippen LogP contribution in [-0.2, 0) is 0 Å². The number of rotatable bonds is 1. The molecule has 1 saturated heterocycles. The Bertz CT molecular complexity index is 349. The van der Waals surface area contributed by atoms with Crippen LogP contribution in [0.2, 0.25) is 0 Å². The first-order valence-corrected chi connectivity index (χ1v) is 5.70. The zero-order valence-corrected chi connectivity index (χ0v) is 9.36. The Kier molecular flexibility index (Phi) is 2.51. The van der Waals surface area contributed by atoms with Crippen molar-refractivity contribution in [1.29, 1.82) is 5.26 Å². The van der Waals surface area contributed by atoms with Gasteiger partial charge in [-0.2, -0.15) is 9.64 Å². The summed E-state index contributed by atoms with van der Waals surface area (Å²) < 4.78 is 5.13. The summed E-state index contributed by atoms with van der Waals surface area (Å²) in [6, 6.07) is 2.12. The minimum absolute atomic E-state index is 0.668. The van der Waals surface area contributed by atoms with E-state index in [0.717, 1.165) is 23.4 Å². The summed E-state index contributed by atoms with van der Waals surface area (Å²) in [4.78, 5) is 2.89. The van der Waals surface area contributed by atoms with E-state index in [1.54, 1.807) is 0 Å². The summed E-state index contributed by atoms with van der Waals surface area (Å²) in [5.74, 6) is 0.944. The van der Waals surface area contributed by atoms with E-state index >= 15 is 0 Å². The van der Waals surface area contributed by atoms with E-state index in [9.17, 15) is 0 Å². The van der Waals surface area contributed by atoms with Gasteiger partial charge in [0.25, 0.3) is 0 Å². The molecule has 13 heavy (non-hydrogen) atoms. The molecule has 0 aliphatic carbocycles. The maximum Gasteiger partial charge on any atom is 0.158 e. The lowest BCUT2D eigenvalue weighted by Crippen LogP contribution is -2.18. The van der Waals surface area contributed by atoms with Crippen LogP contribution in [0.15, 0.2) is 4.47 Å². The van der Waals surface area contributed by atoms with E-state index in [2.05, 4.69) is 31.3 Å². The lowest BCUT2D eigenvalue weighted by molar-refractivity contribution is 0.948. The largest absolute Gasteiger partial charge is 0.355 e. The highest BCUT2D eigenvalue weighted by atomic mass is 79.9. The molecule has 68 valence electrons. The molecule has 0 atom stereocenters. The van der Waals surface area contributed by atoms with E-state index in [1.807, 2.05) is 0 Å². The van der Waals surface area contributed by atoms with Crippen LogP contribution in [-0.4, -0.2) is 17.5 Å². The van der Waals surface area contributed by atoms with Gasteiger partial charge < -0.3 is 4.90 Å². The van der Waals surface area contributed by atoms with Gasteiger partial charge in [0.2, 0.25) is 0 Å². The normalized spacial score (nSPS) is 16.2. The number of nitrogens with zero attached hydrogens (tertiary/aromatic N) is 3. The number of halogens is 1. The molecule has 3 nitrogen and oxygen atoms in total. The van der Waals surface area contributed by atoms with Crippen LogP contribution >= 0.6 is 27.5 Å². The Labute approximate surface area is 89.3 Å². The summed E-state index contributed by atoms with van der Waals surface area (Å²) in [6.45, 7) is 2.13. The summed E-state index contributed by atoms with van der Waals surface area (Å²) in [7, 11) is 0. The molecule has 0 bridgehead atoms. The Morgan fingerprint density at radius 2 is 2.15 bits per heavy atom. The van der Waals surface area contributed by atoms with Gasteiger partial charge in [-0.1, -0.05) is 0 Å². The quantitative estimate of drug-likeness (QED) is 0.776. The number of aromatic nitrogens is 1. The van der Waals surface area contributed by atoms with Crippen molar-refractivity contribution in [2.24, 2.45) is 0 Å². The highest BCUT2D eigenvalue weighted by Crippen LogP contribution is 2.33. The van der Waals surface area contributed by atoms with Crippen LogP contribution in [0.25, 0.3) is 0 Å². The number of anilines is 1. The van der Waals surface area contributed by atoms with E-state index in [1.165, 1.54) is 24.4 Å². The molecule has 0 amide bonds. The fraction of sp³-hybridized carbons (Fsp3) is 0.500. The van der Waals surface area contributed by atoms with Crippen molar-refractivity contribution in [2.75, 3.05) is 18.0 Å². The number of hydrogen-bond donors (Lipinski definition) is 0. The van der Waals surface area contributed by atoms with Crippen molar-refractivity contribution in [1.82, 2.24) is 4.37 Å². The van der Waals surface area contributed by atoms with E-state index < -0.39 is 0 Å². The van der Waals surface area contributed by atoms with Crippen LogP contribution in [0.3, 0.4) is 0 Å². The van der Waals surface area contributed by atoms with Crippen LogP contribution in [0.5, 0.6) is 0 Å². The fourth-order valence-electron chi connectivity index (χ4n) is 1.47. The highest BCUT2D eigenvalue weighted by molar-refractivity contribution is 9.10. The molecule has 1 aromatic rings. The zero-order valence-electron chi connectivity index (χ0n) is 6.96. The van der Waals surface area contributed by atoms with Crippen LogP contribution in [0.1, 0.15) is 17.7 Å². The molecule has 0 saturated carbocycles. The lowest BCUT2D eigenvalue weighted by Gasteiger charge is -2.13. The van der Waals surface area contributed by atoms with Gasteiger partial charge in [-0.05, 0) is 40.3 Å². The Morgan fingerprint density at radius 1 is 1.46 bits per heavy atom. The molecule has 0 N–H and O–H groups in total. The predicted octanol–water partition coefficient (Wildman–Crippen LogP) is 2.38. The van der Waals surface area contributed by atoms with Gasteiger partial charge in [-0.3, -0.25) is 0 Å². The Balaban J connectivity index is 2.30. The first-order valence-electron chi connectivity index (χ1n) is 4.13.